The quantitative estimate of drug-likeness (QED) is 0.926. The van der Waals surface area contributed by atoms with Crippen molar-refractivity contribution >= 4 is 5.91 Å². The highest BCUT2D eigenvalue weighted by atomic mass is 19.1. The molecule has 0 radical (unpaired) electrons. The fourth-order valence-electron chi connectivity index (χ4n) is 2.81. The SMILES string of the molecule is O=C(c1ccccc1F)N1CCC(O)(c2cccnc2)CC1. The van der Waals surface area contributed by atoms with Gasteiger partial charge in [-0.1, -0.05) is 18.2 Å². The third kappa shape index (κ3) is 2.72. The van der Waals surface area contributed by atoms with Gasteiger partial charge in [0, 0.05) is 31.0 Å². The number of aromatic nitrogens is 1. The summed E-state index contributed by atoms with van der Waals surface area (Å²) in [6, 6.07) is 9.59. The van der Waals surface area contributed by atoms with Gasteiger partial charge in [0.25, 0.3) is 5.91 Å². The van der Waals surface area contributed by atoms with E-state index < -0.39 is 11.4 Å². The van der Waals surface area contributed by atoms with E-state index in [9.17, 15) is 14.3 Å². The van der Waals surface area contributed by atoms with E-state index >= 15 is 0 Å². The summed E-state index contributed by atoms with van der Waals surface area (Å²) in [6.07, 6.45) is 4.13. The largest absolute Gasteiger partial charge is 0.385 e. The van der Waals surface area contributed by atoms with Crippen LogP contribution < -0.4 is 0 Å². The molecule has 1 aliphatic rings. The van der Waals surface area contributed by atoms with E-state index in [-0.39, 0.29) is 11.5 Å². The number of amides is 1. The molecule has 1 N–H and O–H groups in total. The Morgan fingerprint density at radius 3 is 2.55 bits per heavy atom. The second-order valence-electron chi connectivity index (χ2n) is 5.55. The molecule has 2 aromatic rings. The van der Waals surface area contributed by atoms with Crippen LogP contribution in [0.1, 0.15) is 28.8 Å². The molecule has 0 atom stereocenters. The van der Waals surface area contributed by atoms with Crippen molar-refractivity contribution in [3.8, 4) is 0 Å². The topological polar surface area (TPSA) is 53.4 Å². The summed E-state index contributed by atoms with van der Waals surface area (Å²) in [6.45, 7) is 0.775. The summed E-state index contributed by atoms with van der Waals surface area (Å²) in [4.78, 5) is 18.0. The Balaban J connectivity index is 1.72. The van der Waals surface area contributed by atoms with Gasteiger partial charge in [-0.2, -0.15) is 0 Å². The van der Waals surface area contributed by atoms with Gasteiger partial charge in [-0.05, 0) is 31.0 Å². The van der Waals surface area contributed by atoms with Gasteiger partial charge in [-0.25, -0.2) is 4.39 Å². The molecule has 2 heterocycles. The van der Waals surface area contributed by atoms with E-state index in [0.717, 1.165) is 5.56 Å². The summed E-state index contributed by atoms with van der Waals surface area (Å²) in [5, 5.41) is 10.7. The molecule has 0 bridgehead atoms. The molecule has 3 rings (SSSR count). The molecule has 1 fully saturated rings. The maximum atomic E-state index is 13.7. The summed E-state index contributed by atoms with van der Waals surface area (Å²) >= 11 is 0. The second kappa shape index (κ2) is 5.85. The van der Waals surface area contributed by atoms with E-state index in [1.807, 2.05) is 6.07 Å². The Bertz CT molecular complexity index is 667. The van der Waals surface area contributed by atoms with Gasteiger partial charge >= 0.3 is 0 Å². The molecule has 0 unspecified atom stereocenters. The molecule has 0 aliphatic carbocycles. The van der Waals surface area contributed by atoms with Crippen LogP contribution >= 0.6 is 0 Å². The van der Waals surface area contributed by atoms with Crippen LogP contribution in [0.4, 0.5) is 4.39 Å². The van der Waals surface area contributed by atoms with Gasteiger partial charge in [-0.3, -0.25) is 9.78 Å². The molecule has 0 saturated carbocycles. The highest BCUT2D eigenvalue weighted by molar-refractivity contribution is 5.94. The number of likely N-dealkylation sites (tertiary alicyclic amines) is 1. The van der Waals surface area contributed by atoms with Crippen molar-refractivity contribution in [2.24, 2.45) is 0 Å². The van der Waals surface area contributed by atoms with E-state index in [1.54, 1.807) is 35.5 Å². The first-order valence-corrected chi connectivity index (χ1v) is 7.27. The van der Waals surface area contributed by atoms with Crippen molar-refractivity contribution in [3.05, 3.63) is 65.7 Å². The lowest BCUT2D eigenvalue weighted by atomic mass is 9.85. The number of carbonyl (C=O) groups excluding carboxylic acids is 1. The summed E-state index contributed by atoms with van der Waals surface area (Å²) in [5.74, 6) is -0.841. The molecule has 5 heteroatoms. The summed E-state index contributed by atoms with van der Waals surface area (Å²) in [7, 11) is 0. The fraction of sp³-hybridized carbons (Fsp3) is 0.294. The molecular formula is C17H17FN2O2. The van der Waals surface area contributed by atoms with E-state index in [2.05, 4.69) is 4.98 Å². The number of hydrogen-bond donors (Lipinski definition) is 1. The molecule has 1 saturated heterocycles. The van der Waals surface area contributed by atoms with Crippen LogP contribution in [-0.2, 0) is 5.60 Å². The van der Waals surface area contributed by atoms with Gasteiger partial charge in [-0.15, -0.1) is 0 Å². The van der Waals surface area contributed by atoms with Gasteiger partial charge < -0.3 is 10.0 Å². The van der Waals surface area contributed by atoms with Gasteiger partial charge in [0.1, 0.15) is 5.82 Å². The zero-order valence-electron chi connectivity index (χ0n) is 12.1. The maximum Gasteiger partial charge on any atom is 0.256 e. The molecule has 1 amide bonds. The third-order valence-electron chi connectivity index (χ3n) is 4.18. The standard InChI is InChI=1S/C17H17FN2O2/c18-15-6-2-1-5-14(15)16(21)20-10-7-17(22,8-11-20)13-4-3-9-19-12-13/h1-6,9,12,22H,7-8,10-11H2. The average Bonchev–Trinajstić information content (AvgIpc) is 2.56. The molecule has 1 aromatic carbocycles. The van der Waals surface area contributed by atoms with Crippen molar-refractivity contribution < 1.29 is 14.3 Å². The summed E-state index contributed by atoms with van der Waals surface area (Å²) in [5.41, 5.74) is -0.136. The number of aliphatic hydroxyl groups is 1. The number of piperidine rings is 1. The molecule has 114 valence electrons. The number of benzene rings is 1. The molecule has 22 heavy (non-hydrogen) atoms. The third-order valence-corrected chi connectivity index (χ3v) is 4.18. The van der Waals surface area contributed by atoms with Crippen LogP contribution in [0.3, 0.4) is 0 Å². The van der Waals surface area contributed by atoms with Crippen molar-refractivity contribution in [1.29, 1.82) is 0 Å². The zero-order chi connectivity index (χ0) is 15.6. The highest BCUT2D eigenvalue weighted by Crippen LogP contribution is 2.32. The van der Waals surface area contributed by atoms with Crippen molar-refractivity contribution in [2.75, 3.05) is 13.1 Å². The van der Waals surface area contributed by atoms with Crippen molar-refractivity contribution in [1.82, 2.24) is 9.88 Å². The minimum absolute atomic E-state index is 0.0781. The lowest BCUT2D eigenvalue weighted by Gasteiger charge is -2.38. The minimum atomic E-state index is -0.972. The van der Waals surface area contributed by atoms with E-state index in [1.165, 1.54) is 12.1 Å². The Labute approximate surface area is 128 Å². The fourth-order valence-corrected chi connectivity index (χ4v) is 2.81. The van der Waals surface area contributed by atoms with Gasteiger partial charge in [0.15, 0.2) is 0 Å². The lowest BCUT2D eigenvalue weighted by Crippen LogP contribution is -2.45. The molecule has 4 nitrogen and oxygen atoms in total. The minimum Gasteiger partial charge on any atom is -0.385 e. The lowest BCUT2D eigenvalue weighted by molar-refractivity contribution is -0.0214. The Hall–Kier alpha value is -2.27. The second-order valence-corrected chi connectivity index (χ2v) is 5.55. The normalized spacial score (nSPS) is 17.3. The number of hydrogen-bond acceptors (Lipinski definition) is 3. The van der Waals surface area contributed by atoms with Crippen LogP contribution in [0.15, 0.2) is 48.8 Å². The Morgan fingerprint density at radius 1 is 1.18 bits per heavy atom. The highest BCUT2D eigenvalue weighted by Gasteiger charge is 2.36. The van der Waals surface area contributed by atoms with Crippen molar-refractivity contribution in [2.45, 2.75) is 18.4 Å². The van der Waals surface area contributed by atoms with Crippen LogP contribution in [0.5, 0.6) is 0 Å². The average molecular weight is 300 g/mol. The predicted molar refractivity (Wildman–Crippen MR) is 79.7 cm³/mol. The zero-order valence-corrected chi connectivity index (χ0v) is 12.1. The van der Waals surface area contributed by atoms with Crippen LogP contribution in [-0.4, -0.2) is 34.0 Å². The monoisotopic (exact) mass is 300 g/mol. The van der Waals surface area contributed by atoms with Gasteiger partial charge in [0.2, 0.25) is 0 Å². The first kappa shape index (κ1) is 14.7. The number of rotatable bonds is 2. The number of halogens is 1. The molecule has 1 aliphatic heterocycles. The molecule has 1 aromatic heterocycles. The number of carbonyl (C=O) groups is 1. The predicted octanol–water partition coefficient (Wildman–Crippen LogP) is 2.34. The van der Waals surface area contributed by atoms with E-state index in [0.29, 0.717) is 25.9 Å². The summed E-state index contributed by atoms with van der Waals surface area (Å²) < 4.78 is 13.7. The first-order valence-electron chi connectivity index (χ1n) is 7.27. The van der Waals surface area contributed by atoms with Gasteiger partial charge in [0.05, 0.1) is 11.2 Å². The molecule has 0 spiro atoms. The van der Waals surface area contributed by atoms with Crippen molar-refractivity contribution in [3.63, 3.8) is 0 Å². The molecular weight excluding hydrogens is 283 g/mol. The number of nitrogens with zero attached hydrogens (tertiary/aromatic N) is 2. The Kier molecular flexibility index (Phi) is 3.90. The smallest absolute Gasteiger partial charge is 0.256 e. The maximum absolute atomic E-state index is 13.7. The Morgan fingerprint density at radius 2 is 1.91 bits per heavy atom. The van der Waals surface area contributed by atoms with Crippen LogP contribution in [0.25, 0.3) is 0 Å². The van der Waals surface area contributed by atoms with E-state index in [4.69, 9.17) is 0 Å². The van der Waals surface area contributed by atoms with Crippen LogP contribution in [0, 0.1) is 5.82 Å². The number of pyridine rings is 1. The first-order chi connectivity index (χ1) is 10.6. The van der Waals surface area contributed by atoms with Crippen LogP contribution in [0.2, 0.25) is 0 Å².